The number of aryl methyl sites for hydroxylation is 1. The highest BCUT2D eigenvalue weighted by atomic mass is 19.1. The molecule has 176 valence electrons. The molecule has 1 unspecified atom stereocenters. The molecule has 0 radical (unpaired) electrons. The predicted octanol–water partition coefficient (Wildman–Crippen LogP) is 5.69. The molecule has 5 rings (SSSR count). The van der Waals surface area contributed by atoms with Crippen LogP contribution in [0.1, 0.15) is 30.9 Å². The summed E-state index contributed by atoms with van der Waals surface area (Å²) in [6.45, 7) is 3.91. The van der Waals surface area contributed by atoms with Crippen molar-refractivity contribution < 1.29 is 9.18 Å². The second kappa shape index (κ2) is 8.83. The van der Waals surface area contributed by atoms with E-state index in [-0.39, 0.29) is 17.6 Å². The van der Waals surface area contributed by atoms with E-state index in [1.807, 2.05) is 63.4 Å². The van der Waals surface area contributed by atoms with Gasteiger partial charge >= 0.3 is 0 Å². The second-order valence-electron chi connectivity index (χ2n) is 9.25. The zero-order valence-electron chi connectivity index (χ0n) is 19.8. The smallest absolute Gasteiger partial charge is 0.232 e. The minimum absolute atomic E-state index is 0.118. The van der Waals surface area contributed by atoms with Gasteiger partial charge in [0.05, 0.1) is 22.8 Å². The van der Waals surface area contributed by atoms with Crippen LogP contribution in [-0.2, 0) is 11.8 Å². The number of nitrogens with zero attached hydrogens (tertiary/aromatic N) is 4. The third kappa shape index (κ3) is 4.33. The molecular weight excluding hydrogens is 441 g/mol. The molecule has 6 nitrogen and oxygen atoms in total. The lowest BCUT2D eigenvalue weighted by Crippen LogP contribution is -2.37. The van der Waals surface area contributed by atoms with Crippen LogP contribution in [0.5, 0.6) is 0 Å². The van der Waals surface area contributed by atoms with E-state index in [1.165, 1.54) is 12.1 Å². The molecule has 2 heterocycles. The average molecular weight is 468 g/mol. The number of rotatable bonds is 6. The van der Waals surface area contributed by atoms with Crippen LogP contribution < -0.4 is 5.32 Å². The highest BCUT2D eigenvalue weighted by Crippen LogP contribution is 2.42. The van der Waals surface area contributed by atoms with Gasteiger partial charge in [-0.25, -0.2) is 9.07 Å². The first-order valence-corrected chi connectivity index (χ1v) is 11.4. The Hall–Kier alpha value is -4.26. The number of anilines is 1. The van der Waals surface area contributed by atoms with Crippen LogP contribution in [0.2, 0.25) is 0 Å². The summed E-state index contributed by atoms with van der Waals surface area (Å²) in [5, 5.41) is 12.7. The van der Waals surface area contributed by atoms with Crippen molar-refractivity contribution in [2.45, 2.75) is 19.8 Å². The Balaban J connectivity index is 1.56. The van der Waals surface area contributed by atoms with Crippen molar-refractivity contribution in [1.82, 2.24) is 19.6 Å². The Kier molecular flexibility index (Phi) is 5.68. The largest absolute Gasteiger partial charge is 0.309 e. The number of halogens is 1. The Morgan fingerprint density at radius 2 is 1.71 bits per heavy atom. The third-order valence-electron chi connectivity index (χ3n) is 6.39. The zero-order valence-corrected chi connectivity index (χ0v) is 19.8. The number of fused-ring (bicyclic) bond motifs is 1. The van der Waals surface area contributed by atoms with Crippen LogP contribution in [0.3, 0.4) is 0 Å². The van der Waals surface area contributed by atoms with Gasteiger partial charge in [0.2, 0.25) is 5.91 Å². The predicted molar refractivity (Wildman–Crippen MR) is 135 cm³/mol. The molecule has 35 heavy (non-hydrogen) atoms. The number of nitrogens with one attached hydrogen (secondary N) is 1. The summed E-state index contributed by atoms with van der Waals surface area (Å²) in [5.74, 6) is -0.101. The minimum Gasteiger partial charge on any atom is -0.309 e. The fraction of sp³-hybridized carbons (Fsp3) is 0.179. The summed E-state index contributed by atoms with van der Waals surface area (Å²) in [6.07, 6.45) is 3.59. The first-order chi connectivity index (χ1) is 16.8. The van der Waals surface area contributed by atoms with Crippen LogP contribution in [0.15, 0.2) is 91.3 Å². The average Bonchev–Trinajstić information content (AvgIpc) is 3.46. The quantitative estimate of drug-likeness (QED) is 0.349. The van der Waals surface area contributed by atoms with Gasteiger partial charge in [-0.2, -0.15) is 10.2 Å². The van der Waals surface area contributed by atoms with Crippen molar-refractivity contribution in [2.75, 3.05) is 5.32 Å². The Labute approximate surface area is 203 Å². The number of carbonyl (C=O) groups is 1. The molecule has 2 aromatic heterocycles. The number of benzene rings is 3. The highest BCUT2D eigenvalue weighted by molar-refractivity contribution is 5.95. The van der Waals surface area contributed by atoms with Gasteiger partial charge in [-0.3, -0.25) is 9.48 Å². The molecule has 7 heteroatoms. The lowest BCUT2D eigenvalue weighted by atomic mass is 9.70. The first kappa shape index (κ1) is 22.5. The fourth-order valence-corrected chi connectivity index (χ4v) is 4.58. The highest BCUT2D eigenvalue weighted by Gasteiger charge is 2.39. The van der Waals surface area contributed by atoms with Gasteiger partial charge in [0.25, 0.3) is 0 Å². The van der Waals surface area contributed by atoms with E-state index in [0.29, 0.717) is 5.82 Å². The van der Waals surface area contributed by atoms with E-state index in [2.05, 4.69) is 21.6 Å². The normalized spacial score (nSPS) is 12.6. The Morgan fingerprint density at radius 3 is 2.40 bits per heavy atom. The van der Waals surface area contributed by atoms with E-state index in [1.54, 1.807) is 40.0 Å². The maximum Gasteiger partial charge on any atom is 0.232 e. The maximum atomic E-state index is 13.5. The molecule has 0 spiro atoms. The third-order valence-corrected chi connectivity index (χ3v) is 6.39. The SMILES string of the molecule is Cn1ccc(NC(=O)C(C)(C)C(c2ccccc2)c2ccc3c(cnn3-c3ccc(F)cc3)c2)n1. The van der Waals surface area contributed by atoms with Crippen molar-refractivity contribution in [3.63, 3.8) is 0 Å². The molecule has 0 aliphatic carbocycles. The number of aromatic nitrogens is 4. The Bertz CT molecular complexity index is 1490. The van der Waals surface area contributed by atoms with Crippen molar-refractivity contribution in [3.8, 4) is 5.69 Å². The zero-order chi connectivity index (χ0) is 24.6. The van der Waals surface area contributed by atoms with E-state index < -0.39 is 5.41 Å². The summed E-state index contributed by atoms with van der Waals surface area (Å²) in [6, 6.07) is 24.2. The van der Waals surface area contributed by atoms with Gasteiger partial charge in [-0.15, -0.1) is 0 Å². The molecule has 1 N–H and O–H groups in total. The monoisotopic (exact) mass is 467 g/mol. The molecule has 0 bridgehead atoms. The molecule has 0 saturated heterocycles. The van der Waals surface area contributed by atoms with Crippen LogP contribution in [0, 0.1) is 11.2 Å². The first-order valence-electron chi connectivity index (χ1n) is 11.4. The van der Waals surface area contributed by atoms with Gasteiger partial charge in [-0.1, -0.05) is 50.2 Å². The van der Waals surface area contributed by atoms with Crippen molar-refractivity contribution in [1.29, 1.82) is 0 Å². The van der Waals surface area contributed by atoms with Gasteiger partial charge in [-0.05, 0) is 47.5 Å². The van der Waals surface area contributed by atoms with Gasteiger partial charge < -0.3 is 5.32 Å². The van der Waals surface area contributed by atoms with Gasteiger partial charge in [0.15, 0.2) is 5.82 Å². The maximum absolute atomic E-state index is 13.5. The van der Waals surface area contributed by atoms with E-state index in [4.69, 9.17) is 0 Å². The molecule has 3 aromatic carbocycles. The number of hydrogen-bond acceptors (Lipinski definition) is 3. The van der Waals surface area contributed by atoms with Crippen LogP contribution in [0.25, 0.3) is 16.6 Å². The summed E-state index contributed by atoms with van der Waals surface area (Å²) < 4.78 is 16.8. The lowest BCUT2D eigenvalue weighted by molar-refractivity contribution is -0.124. The second-order valence-corrected chi connectivity index (χ2v) is 9.25. The van der Waals surface area contributed by atoms with Crippen LogP contribution >= 0.6 is 0 Å². The van der Waals surface area contributed by atoms with Gasteiger partial charge in [0, 0.05) is 30.6 Å². The summed E-state index contributed by atoms with van der Waals surface area (Å²) in [7, 11) is 1.81. The van der Waals surface area contributed by atoms with E-state index in [0.717, 1.165) is 27.7 Å². The van der Waals surface area contributed by atoms with Crippen LogP contribution in [-0.4, -0.2) is 25.5 Å². The molecule has 1 atom stereocenters. The van der Waals surface area contributed by atoms with Crippen molar-refractivity contribution >= 4 is 22.6 Å². The summed E-state index contributed by atoms with van der Waals surface area (Å²) >= 11 is 0. The van der Waals surface area contributed by atoms with E-state index >= 15 is 0 Å². The van der Waals surface area contributed by atoms with Crippen molar-refractivity contribution in [3.05, 3.63) is 108 Å². The van der Waals surface area contributed by atoms with E-state index in [9.17, 15) is 9.18 Å². The fourth-order valence-electron chi connectivity index (χ4n) is 4.58. The number of hydrogen-bond donors (Lipinski definition) is 1. The lowest BCUT2D eigenvalue weighted by Gasteiger charge is -2.34. The summed E-state index contributed by atoms with van der Waals surface area (Å²) in [4.78, 5) is 13.5. The van der Waals surface area contributed by atoms with Crippen LogP contribution in [0.4, 0.5) is 10.2 Å². The molecule has 0 aliphatic rings. The van der Waals surface area contributed by atoms with Gasteiger partial charge in [0.1, 0.15) is 5.82 Å². The molecule has 0 fully saturated rings. The molecule has 0 aliphatic heterocycles. The number of amides is 1. The molecule has 0 saturated carbocycles. The summed E-state index contributed by atoms with van der Waals surface area (Å²) in [5.41, 5.74) is 2.94. The minimum atomic E-state index is -0.792. The molecule has 5 aromatic rings. The molecular formula is C28H26FN5O. The standard InChI is InChI=1S/C28H26FN5O/c1-28(2,27(35)31-25-15-16-33(3)32-25)26(19-7-5-4-6-8-19)20-9-14-24-21(17-20)18-30-34(24)23-12-10-22(29)11-13-23/h4-18,26H,1-3H3,(H,31,32,35). The topological polar surface area (TPSA) is 64.7 Å². The molecule has 1 amide bonds. The number of carbonyl (C=O) groups excluding carboxylic acids is 1. The van der Waals surface area contributed by atoms with Crippen molar-refractivity contribution in [2.24, 2.45) is 12.5 Å². The Morgan fingerprint density at radius 1 is 0.971 bits per heavy atom.